The van der Waals surface area contributed by atoms with Crippen molar-refractivity contribution < 1.29 is 14.3 Å². The first kappa shape index (κ1) is 23.6. The summed E-state index contributed by atoms with van der Waals surface area (Å²) in [6.07, 6.45) is 8.01. The van der Waals surface area contributed by atoms with Crippen LogP contribution in [0.5, 0.6) is 5.75 Å². The summed E-state index contributed by atoms with van der Waals surface area (Å²) in [4.78, 5) is 4.62. The normalized spacial score (nSPS) is 17.6. The summed E-state index contributed by atoms with van der Waals surface area (Å²) in [5.41, 5.74) is 0.903. The number of benzene rings is 2. The molecule has 176 valence electrons. The summed E-state index contributed by atoms with van der Waals surface area (Å²) < 4.78 is 12.4. The second-order valence-electron chi connectivity index (χ2n) is 9.93. The van der Waals surface area contributed by atoms with Crippen LogP contribution in [0.4, 0.5) is 0 Å². The van der Waals surface area contributed by atoms with Gasteiger partial charge in [-0.2, -0.15) is 0 Å². The summed E-state index contributed by atoms with van der Waals surface area (Å²) in [5, 5.41) is 12.0. The quantitative estimate of drug-likeness (QED) is 0.397. The van der Waals surface area contributed by atoms with Gasteiger partial charge in [0.2, 0.25) is 5.89 Å². The topological polar surface area (TPSA) is 55.5 Å². The highest BCUT2D eigenvalue weighted by Gasteiger charge is 2.44. The van der Waals surface area contributed by atoms with Crippen LogP contribution in [0.3, 0.4) is 0 Å². The maximum Gasteiger partial charge on any atom is 0.231 e. The lowest BCUT2D eigenvalue weighted by atomic mass is 9.73. The number of aryl methyl sites for hydroxylation is 1. The Hall–Kier alpha value is -2.59. The van der Waals surface area contributed by atoms with E-state index in [0.29, 0.717) is 18.4 Å². The average Bonchev–Trinajstić information content (AvgIpc) is 3.32. The molecule has 1 aromatic heterocycles. The zero-order valence-electron chi connectivity index (χ0n) is 20.2. The second-order valence-corrected chi connectivity index (χ2v) is 9.93. The van der Waals surface area contributed by atoms with Crippen molar-refractivity contribution in [3.05, 3.63) is 83.6 Å². The number of aromatic nitrogens is 1. The molecule has 4 heteroatoms. The van der Waals surface area contributed by atoms with E-state index in [9.17, 15) is 5.11 Å². The summed E-state index contributed by atoms with van der Waals surface area (Å²) in [6.45, 7) is 7.11. The molecule has 1 aliphatic rings. The van der Waals surface area contributed by atoms with Crippen LogP contribution < -0.4 is 4.74 Å². The fraction of sp³-hybridized carbons (Fsp3) is 0.483. The van der Waals surface area contributed by atoms with E-state index >= 15 is 0 Å². The highest BCUT2D eigenvalue weighted by Crippen LogP contribution is 2.43. The highest BCUT2D eigenvalue weighted by atomic mass is 16.5. The Morgan fingerprint density at radius 2 is 1.73 bits per heavy atom. The molecule has 4 nitrogen and oxygen atoms in total. The molecule has 0 bridgehead atoms. The first-order valence-corrected chi connectivity index (χ1v) is 12.4. The van der Waals surface area contributed by atoms with Crippen LogP contribution in [-0.2, 0) is 12.0 Å². The van der Waals surface area contributed by atoms with Crippen LogP contribution in [0.1, 0.15) is 68.7 Å². The monoisotopic (exact) mass is 447 g/mol. The molecule has 4 rings (SSSR count). The Morgan fingerprint density at radius 3 is 2.39 bits per heavy atom. The van der Waals surface area contributed by atoms with Crippen LogP contribution in [0.15, 0.2) is 65.2 Å². The maximum absolute atomic E-state index is 12.0. The number of hydrogen-bond donors (Lipinski definition) is 1. The van der Waals surface area contributed by atoms with Gasteiger partial charge < -0.3 is 14.3 Å². The lowest BCUT2D eigenvalue weighted by Crippen LogP contribution is -2.38. The van der Waals surface area contributed by atoms with Crippen molar-refractivity contribution in [2.24, 2.45) is 17.8 Å². The third kappa shape index (κ3) is 5.50. The van der Waals surface area contributed by atoms with Gasteiger partial charge >= 0.3 is 0 Å². The van der Waals surface area contributed by atoms with Gasteiger partial charge in [0, 0.05) is 18.3 Å². The number of rotatable bonds is 9. The van der Waals surface area contributed by atoms with Crippen molar-refractivity contribution in [1.82, 2.24) is 4.98 Å². The van der Waals surface area contributed by atoms with Gasteiger partial charge in [-0.1, -0.05) is 81.1 Å². The molecule has 0 spiro atoms. The molecular formula is C29H37NO3. The highest BCUT2D eigenvalue weighted by molar-refractivity contribution is 5.30. The summed E-state index contributed by atoms with van der Waals surface area (Å²) >= 11 is 0. The number of hydrogen-bond acceptors (Lipinski definition) is 4. The molecule has 1 saturated carbocycles. The van der Waals surface area contributed by atoms with Crippen molar-refractivity contribution in [1.29, 1.82) is 0 Å². The van der Waals surface area contributed by atoms with Gasteiger partial charge in [-0.25, -0.2) is 4.98 Å². The van der Waals surface area contributed by atoms with Gasteiger partial charge in [-0.3, -0.25) is 0 Å². The Balaban J connectivity index is 1.52. The predicted molar refractivity (Wildman–Crippen MR) is 131 cm³/mol. The molecular weight excluding hydrogens is 410 g/mol. The molecule has 1 aliphatic carbocycles. The zero-order chi connectivity index (χ0) is 23.3. The largest absolute Gasteiger partial charge is 0.493 e. The van der Waals surface area contributed by atoms with Gasteiger partial charge in [0.05, 0.1) is 12.8 Å². The standard InChI is InChI=1S/C29H37NO3/c1-21(2)23(20-32-26-16-14-22(3)15-17-26)18-27-19-30-28(33-27)29(31,24-10-6-4-7-11-24)25-12-8-5-9-13-25/h4,6-7,10-11,14-17,19,21,23,25,31H,5,8-9,12-13,18,20H2,1-3H3/t23?,29-/m0/s1. The number of ether oxygens (including phenoxy) is 1. The van der Waals surface area contributed by atoms with E-state index in [-0.39, 0.29) is 11.8 Å². The molecule has 0 amide bonds. The third-order valence-corrected chi connectivity index (χ3v) is 7.18. The van der Waals surface area contributed by atoms with E-state index < -0.39 is 5.60 Å². The molecule has 0 radical (unpaired) electrons. The minimum atomic E-state index is -1.19. The van der Waals surface area contributed by atoms with Gasteiger partial charge in [0.15, 0.2) is 5.60 Å². The van der Waals surface area contributed by atoms with Gasteiger partial charge in [0.1, 0.15) is 11.5 Å². The lowest BCUT2D eigenvalue weighted by Gasteiger charge is -2.36. The van der Waals surface area contributed by atoms with Crippen LogP contribution in [-0.4, -0.2) is 16.7 Å². The van der Waals surface area contributed by atoms with Crippen LogP contribution in [0.2, 0.25) is 0 Å². The SMILES string of the molecule is Cc1ccc(OCC(Cc2cnc([C@](O)(c3ccccc3)C3CCCCC3)o2)C(C)C)cc1. The minimum Gasteiger partial charge on any atom is -0.493 e. The van der Waals surface area contributed by atoms with Gasteiger partial charge in [0.25, 0.3) is 0 Å². The van der Waals surface area contributed by atoms with Crippen molar-refractivity contribution >= 4 is 0 Å². The molecule has 3 aromatic rings. The Kier molecular flexibility index (Phi) is 7.54. The minimum absolute atomic E-state index is 0.117. The Labute approximate surface area is 198 Å². The van der Waals surface area contributed by atoms with Crippen LogP contribution in [0, 0.1) is 24.7 Å². The van der Waals surface area contributed by atoms with Crippen LogP contribution in [0.25, 0.3) is 0 Å². The van der Waals surface area contributed by atoms with Gasteiger partial charge in [-0.15, -0.1) is 0 Å². The molecule has 1 heterocycles. The van der Waals surface area contributed by atoms with E-state index in [2.05, 4.69) is 37.9 Å². The van der Waals surface area contributed by atoms with E-state index in [1.54, 1.807) is 6.20 Å². The molecule has 1 N–H and O–H groups in total. The molecule has 1 unspecified atom stereocenters. The smallest absolute Gasteiger partial charge is 0.231 e. The Morgan fingerprint density at radius 1 is 1.03 bits per heavy atom. The summed E-state index contributed by atoms with van der Waals surface area (Å²) in [6, 6.07) is 18.1. The van der Waals surface area contributed by atoms with E-state index in [0.717, 1.165) is 49.2 Å². The first-order valence-electron chi connectivity index (χ1n) is 12.4. The molecule has 2 atom stereocenters. The number of aliphatic hydroxyl groups is 1. The Bertz CT molecular complexity index is 989. The van der Waals surface area contributed by atoms with Crippen molar-refractivity contribution in [3.8, 4) is 5.75 Å². The zero-order valence-corrected chi connectivity index (χ0v) is 20.2. The lowest BCUT2D eigenvalue weighted by molar-refractivity contribution is -0.0241. The maximum atomic E-state index is 12.0. The number of oxazole rings is 1. The summed E-state index contributed by atoms with van der Waals surface area (Å²) in [7, 11) is 0. The fourth-order valence-electron chi connectivity index (χ4n) is 4.91. The summed E-state index contributed by atoms with van der Waals surface area (Å²) in [5.74, 6) is 2.95. The first-order chi connectivity index (χ1) is 16.0. The second kappa shape index (κ2) is 10.6. The molecule has 1 fully saturated rings. The van der Waals surface area contributed by atoms with Crippen molar-refractivity contribution in [2.45, 2.75) is 64.9 Å². The van der Waals surface area contributed by atoms with E-state index in [4.69, 9.17) is 9.15 Å². The van der Waals surface area contributed by atoms with E-state index in [1.807, 2.05) is 42.5 Å². The number of nitrogens with zero attached hydrogens (tertiary/aromatic N) is 1. The van der Waals surface area contributed by atoms with E-state index in [1.165, 1.54) is 12.0 Å². The molecule has 0 saturated heterocycles. The molecule has 0 aliphatic heterocycles. The molecule has 2 aromatic carbocycles. The average molecular weight is 448 g/mol. The van der Waals surface area contributed by atoms with Crippen molar-refractivity contribution in [3.63, 3.8) is 0 Å². The predicted octanol–water partition coefficient (Wildman–Crippen LogP) is 6.69. The fourth-order valence-corrected chi connectivity index (χ4v) is 4.91. The van der Waals surface area contributed by atoms with Crippen LogP contribution >= 0.6 is 0 Å². The molecule has 33 heavy (non-hydrogen) atoms. The third-order valence-electron chi connectivity index (χ3n) is 7.18. The van der Waals surface area contributed by atoms with Crippen molar-refractivity contribution in [2.75, 3.05) is 6.61 Å². The van der Waals surface area contributed by atoms with Gasteiger partial charge in [-0.05, 0) is 43.4 Å².